The van der Waals surface area contributed by atoms with Crippen molar-refractivity contribution in [1.82, 2.24) is 20.3 Å². The Labute approximate surface area is 203 Å². The summed E-state index contributed by atoms with van der Waals surface area (Å²) in [5.74, 6) is 3.06. The van der Waals surface area contributed by atoms with Crippen molar-refractivity contribution in [2.75, 3.05) is 0 Å². The van der Waals surface area contributed by atoms with Crippen molar-refractivity contribution in [3.63, 3.8) is 0 Å². The second-order valence-electron chi connectivity index (χ2n) is 9.20. The molecule has 1 aromatic carbocycles. The molecule has 1 N–H and O–H groups in total. The van der Waals surface area contributed by atoms with Gasteiger partial charge < -0.3 is 23.3 Å². The van der Waals surface area contributed by atoms with E-state index in [1.165, 1.54) is 0 Å². The van der Waals surface area contributed by atoms with Crippen LogP contribution in [0.5, 0.6) is 0 Å². The number of nitrogens with zero attached hydrogens (tertiary/aromatic N) is 3. The van der Waals surface area contributed by atoms with Crippen LogP contribution in [0.25, 0.3) is 45.3 Å². The fourth-order valence-electron chi connectivity index (χ4n) is 5.40. The second kappa shape index (κ2) is 6.42. The minimum Gasteiger partial charge on any atom is -0.443 e. The van der Waals surface area contributed by atoms with E-state index in [9.17, 15) is 0 Å². The van der Waals surface area contributed by atoms with Gasteiger partial charge >= 0.3 is 0 Å². The lowest BCUT2D eigenvalue weighted by Crippen LogP contribution is -2.29. The first-order valence-electron chi connectivity index (χ1n) is 11.8. The Kier molecular flexibility index (Phi) is 3.30. The Morgan fingerprint density at radius 1 is 0.917 bits per heavy atom. The summed E-state index contributed by atoms with van der Waals surface area (Å²) in [6.45, 7) is 0. The van der Waals surface area contributed by atoms with Gasteiger partial charge in [0.15, 0.2) is 16.8 Å². The Balaban J connectivity index is 1.43. The first kappa shape index (κ1) is 18.5. The first-order valence-corrected chi connectivity index (χ1v) is 11.8. The van der Waals surface area contributed by atoms with Gasteiger partial charge in [-0.1, -0.05) is 30.4 Å². The highest BCUT2D eigenvalue weighted by molar-refractivity contribution is 5.90. The van der Waals surface area contributed by atoms with Crippen LogP contribution in [-0.4, -0.2) is 21.0 Å². The molecular weight excluding hydrogens is 456 g/mol. The SMILES string of the molecule is C1=CC2=c3nc4c(o3)=C(C=CC4)c3nc4cccc(c4o3)-c3nc4c(o3)C(=C3NC2C(=C1)O3)CC=C4. The van der Waals surface area contributed by atoms with Crippen LogP contribution in [0.4, 0.5) is 0 Å². The van der Waals surface area contributed by atoms with Crippen molar-refractivity contribution in [3.8, 4) is 11.5 Å². The Morgan fingerprint density at radius 3 is 2.89 bits per heavy atom. The summed E-state index contributed by atoms with van der Waals surface area (Å²) in [7, 11) is 0. The number of hydrogen-bond acceptors (Lipinski definition) is 8. The number of fused-ring (bicyclic) bond motifs is 6. The average Bonchev–Trinajstić information content (AvgIpc) is 3.69. The van der Waals surface area contributed by atoms with Gasteiger partial charge in [0.25, 0.3) is 0 Å². The molecule has 1 unspecified atom stereocenters. The molecule has 9 rings (SSSR count). The maximum Gasteiger partial charge on any atom is 0.231 e. The Bertz CT molecular complexity index is 1960. The fourth-order valence-corrected chi connectivity index (χ4v) is 5.40. The number of rotatable bonds is 0. The minimum atomic E-state index is -0.222. The van der Waals surface area contributed by atoms with Crippen molar-refractivity contribution in [1.29, 1.82) is 0 Å². The summed E-state index contributed by atoms with van der Waals surface area (Å²) in [6.07, 6.45) is 15.3. The lowest BCUT2D eigenvalue weighted by atomic mass is 10.0. The molecule has 36 heavy (non-hydrogen) atoms. The van der Waals surface area contributed by atoms with E-state index in [4.69, 9.17) is 32.9 Å². The quantitative estimate of drug-likeness (QED) is 0.415. The van der Waals surface area contributed by atoms with E-state index in [0.29, 0.717) is 58.3 Å². The molecule has 0 saturated carbocycles. The van der Waals surface area contributed by atoms with Crippen LogP contribution in [-0.2, 0) is 11.2 Å². The van der Waals surface area contributed by atoms with Gasteiger partial charge in [0, 0.05) is 12.0 Å². The smallest absolute Gasteiger partial charge is 0.231 e. The van der Waals surface area contributed by atoms with Gasteiger partial charge in [0.2, 0.25) is 23.2 Å². The number of hydrogen-bond donors (Lipinski definition) is 1. The van der Waals surface area contributed by atoms with Crippen LogP contribution >= 0.6 is 0 Å². The zero-order chi connectivity index (χ0) is 23.4. The highest BCUT2D eigenvalue weighted by atomic mass is 16.5. The van der Waals surface area contributed by atoms with E-state index in [0.717, 1.165) is 39.4 Å². The third kappa shape index (κ3) is 2.35. The predicted molar refractivity (Wildman–Crippen MR) is 130 cm³/mol. The topological polar surface area (TPSA) is 99.4 Å². The Hall–Kier alpha value is -4.85. The summed E-state index contributed by atoms with van der Waals surface area (Å²) in [4.78, 5) is 14.5. The molecule has 3 aromatic heterocycles. The average molecular weight is 472 g/mol. The van der Waals surface area contributed by atoms with E-state index in [-0.39, 0.29) is 6.04 Å². The number of para-hydroxylation sites is 1. The van der Waals surface area contributed by atoms with Crippen LogP contribution in [0.3, 0.4) is 0 Å². The number of nitrogens with one attached hydrogen (secondary N) is 1. The van der Waals surface area contributed by atoms with E-state index >= 15 is 0 Å². The van der Waals surface area contributed by atoms with Crippen molar-refractivity contribution in [2.24, 2.45) is 0 Å². The van der Waals surface area contributed by atoms with Gasteiger partial charge in [-0.2, -0.15) is 0 Å². The third-order valence-corrected chi connectivity index (χ3v) is 7.09. The highest BCUT2D eigenvalue weighted by Gasteiger charge is 2.36. The fraction of sp³-hybridized carbons (Fsp3) is 0.107. The molecule has 4 aromatic rings. The number of oxazole rings is 3. The molecule has 8 nitrogen and oxygen atoms in total. The molecule has 8 heteroatoms. The summed E-state index contributed by atoms with van der Waals surface area (Å²) in [5.41, 5.74) is 7.44. The minimum absolute atomic E-state index is 0.222. The zero-order valence-corrected chi connectivity index (χ0v) is 18.7. The molecular formula is C28H16N4O4. The molecule has 3 aliphatic carbocycles. The molecule has 0 spiro atoms. The van der Waals surface area contributed by atoms with Gasteiger partial charge in [0.1, 0.15) is 23.0 Å². The number of aromatic nitrogens is 3. The number of allylic oxidation sites excluding steroid dienone is 6. The van der Waals surface area contributed by atoms with Crippen molar-refractivity contribution in [2.45, 2.75) is 18.9 Å². The van der Waals surface area contributed by atoms with E-state index in [1.807, 2.05) is 48.6 Å². The largest absolute Gasteiger partial charge is 0.443 e. The van der Waals surface area contributed by atoms with Gasteiger partial charge in [-0.15, -0.1) is 0 Å². The van der Waals surface area contributed by atoms with Gasteiger partial charge in [-0.3, -0.25) is 0 Å². The number of ether oxygens (including phenoxy) is 1. The highest BCUT2D eigenvalue weighted by Crippen LogP contribution is 2.40. The molecule has 0 radical (unpaired) electrons. The molecule has 1 fully saturated rings. The molecule has 1 saturated heterocycles. The van der Waals surface area contributed by atoms with E-state index < -0.39 is 0 Å². The van der Waals surface area contributed by atoms with Crippen LogP contribution in [0.2, 0.25) is 0 Å². The monoisotopic (exact) mass is 472 g/mol. The summed E-state index contributed by atoms with van der Waals surface area (Å²) < 4.78 is 25.4. The third-order valence-electron chi connectivity index (χ3n) is 7.09. The molecule has 1 atom stereocenters. The molecule has 2 aliphatic heterocycles. The maximum atomic E-state index is 6.40. The normalized spacial score (nSPS) is 20.3. The zero-order valence-electron chi connectivity index (χ0n) is 18.7. The van der Waals surface area contributed by atoms with Crippen molar-refractivity contribution in [3.05, 3.63) is 100 Å². The van der Waals surface area contributed by atoms with Gasteiger partial charge in [-0.05, 0) is 36.8 Å². The second-order valence-corrected chi connectivity index (χ2v) is 9.20. The molecule has 5 aliphatic rings. The lowest BCUT2D eigenvalue weighted by molar-refractivity contribution is 0.334. The number of benzene rings is 1. The van der Waals surface area contributed by atoms with E-state index in [2.05, 4.69) is 17.5 Å². The van der Waals surface area contributed by atoms with Crippen molar-refractivity contribution < 1.29 is 18.0 Å². The predicted octanol–water partition coefficient (Wildman–Crippen LogP) is 3.47. The Morgan fingerprint density at radius 2 is 1.89 bits per heavy atom. The van der Waals surface area contributed by atoms with Crippen LogP contribution in [0, 0.1) is 0 Å². The van der Waals surface area contributed by atoms with Gasteiger partial charge in [0.05, 0.1) is 22.4 Å². The van der Waals surface area contributed by atoms with Crippen LogP contribution in [0.1, 0.15) is 29.5 Å². The maximum absolute atomic E-state index is 6.40. The van der Waals surface area contributed by atoms with Gasteiger partial charge in [-0.25, -0.2) is 15.0 Å². The van der Waals surface area contributed by atoms with E-state index in [1.54, 1.807) is 0 Å². The summed E-state index contributed by atoms with van der Waals surface area (Å²) in [6, 6.07) is 5.56. The lowest BCUT2D eigenvalue weighted by Gasteiger charge is -2.12. The molecule has 0 amide bonds. The van der Waals surface area contributed by atoms with Crippen molar-refractivity contribution >= 4 is 33.9 Å². The molecule has 8 bridgehead atoms. The van der Waals surface area contributed by atoms with Crippen LogP contribution < -0.4 is 16.3 Å². The summed E-state index contributed by atoms with van der Waals surface area (Å²) >= 11 is 0. The molecule has 172 valence electrons. The molecule has 5 heterocycles. The van der Waals surface area contributed by atoms with Crippen LogP contribution in [0.15, 0.2) is 79.5 Å². The first-order chi connectivity index (χ1) is 17.8. The standard InChI is InChI=1S/C28H16N4O4/c1-6-14-22-17(9-1)29-25(34-22)13-5-4-12-20-21(13)32-28(33-20)16-8-3-11-19-24(16)36-27(31-19)15-7-2-10-18-23(15)35-26(14)30-18/h1-7,10-12,21,32H,8-9H2. The summed E-state index contributed by atoms with van der Waals surface area (Å²) in [5, 5.41) is 3.55.